The lowest BCUT2D eigenvalue weighted by atomic mass is 9.75. The maximum atomic E-state index is 12.3. The number of nitrogens with one attached hydrogen (secondary N) is 1. The normalized spacial score (nSPS) is 20.8. The number of rotatable bonds is 3. The number of nitro benzene ring substituents is 1. The van der Waals surface area contributed by atoms with Crippen LogP contribution in [0.2, 0.25) is 0 Å². The molecular formula is C15H21N3O3. The summed E-state index contributed by atoms with van der Waals surface area (Å²) in [4.78, 5) is 22.8. The molecule has 1 aliphatic rings. The fourth-order valence-electron chi connectivity index (χ4n) is 3.03. The predicted molar refractivity (Wildman–Crippen MR) is 81.0 cm³/mol. The van der Waals surface area contributed by atoms with Crippen LogP contribution in [0.1, 0.15) is 49.9 Å². The molecule has 21 heavy (non-hydrogen) atoms. The smallest absolute Gasteiger partial charge is 0.304 e. The van der Waals surface area contributed by atoms with Crippen LogP contribution in [-0.4, -0.2) is 16.9 Å². The lowest BCUT2D eigenvalue weighted by molar-refractivity contribution is -0.384. The Bertz CT molecular complexity index is 569. The van der Waals surface area contributed by atoms with Crippen molar-refractivity contribution >= 4 is 17.3 Å². The number of nitro groups is 1. The monoisotopic (exact) mass is 291 g/mol. The van der Waals surface area contributed by atoms with Crippen molar-refractivity contribution in [3.05, 3.63) is 33.9 Å². The van der Waals surface area contributed by atoms with Crippen LogP contribution >= 0.6 is 0 Å². The summed E-state index contributed by atoms with van der Waals surface area (Å²) >= 11 is 0. The summed E-state index contributed by atoms with van der Waals surface area (Å²) in [5.41, 5.74) is 5.53. The SMILES string of the molecule is CC1(C)CCCC(NC(=O)c2cccc(N)c2[N+](=O)[O-])C1. The number of carbonyl (C=O) groups excluding carboxylic acids is 1. The van der Waals surface area contributed by atoms with Gasteiger partial charge >= 0.3 is 5.69 Å². The topological polar surface area (TPSA) is 98.3 Å². The van der Waals surface area contributed by atoms with E-state index in [2.05, 4.69) is 19.2 Å². The van der Waals surface area contributed by atoms with Crippen LogP contribution in [0.25, 0.3) is 0 Å². The summed E-state index contributed by atoms with van der Waals surface area (Å²) in [5.74, 6) is -0.420. The molecule has 6 nitrogen and oxygen atoms in total. The highest BCUT2D eigenvalue weighted by Crippen LogP contribution is 2.35. The second kappa shape index (κ2) is 5.71. The van der Waals surface area contributed by atoms with Gasteiger partial charge in [0.25, 0.3) is 5.91 Å². The number of para-hydroxylation sites is 1. The number of benzene rings is 1. The maximum Gasteiger partial charge on any atom is 0.304 e. The van der Waals surface area contributed by atoms with Crippen LogP contribution in [0.5, 0.6) is 0 Å². The number of carbonyl (C=O) groups is 1. The number of amides is 1. The minimum absolute atomic E-state index is 0.0108. The van der Waals surface area contributed by atoms with Gasteiger partial charge in [-0.1, -0.05) is 26.3 Å². The Balaban J connectivity index is 2.18. The number of nitrogen functional groups attached to an aromatic ring is 1. The van der Waals surface area contributed by atoms with E-state index in [0.717, 1.165) is 25.7 Å². The van der Waals surface area contributed by atoms with Gasteiger partial charge < -0.3 is 11.1 Å². The van der Waals surface area contributed by atoms with Crippen LogP contribution in [0.15, 0.2) is 18.2 Å². The van der Waals surface area contributed by atoms with Crippen molar-refractivity contribution in [1.82, 2.24) is 5.32 Å². The molecule has 0 bridgehead atoms. The third kappa shape index (κ3) is 3.51. The van der Waals surface area contributed by atoms with Crippen LogP contribution in [0, 0.1) is 15.5 Å². The van der Waals surface area contributed by atoms with Crippen LogP contribution in [0.3, 0.4) is 0 Å². The first-order valence-electron chi connectivity index (χ1n) is 7.14. The van der Waals surface area contributed by atoms with E-state index in [1.165, 1.54) is 12.1 Å². The Kier molecular flexibility index (Phi) is 4.16. The number of hydrogen-bond acceptors (Lipinski definition) is 4. The predicted octanol–water partition coefficient (Wildman–Crippen LogP) is 2.88. The first-order valence-corrected chi connectivity index (χ1v) is 7.14. The van der Waals surface area contributed by atoms with Crippen molar-refractivity contribution in [2.45, 2.75) is 45.6 Å². The highest BCUT2D eigenvalue weighted by atomic mass is 16.6. The highest BCUT2D eigenvalue weighted by Gasteiger charge is 2.30. The molecule has 1 aromatic carbocycles. The standard InChI is InChI=1S/C15H21N3O3/c1-15(2)8-4-5-10(9-15)17-14(19)11-6-3-7-12(16)13(11)18(20)21/h3,6-7,10H,4-5,8-9,16H2,1-2H3,(H,17,19). The number of hydrogen-bond donors (Lipinski definition) is 2. The van der Waals surface area contributed by atoms with Gasteiger partial charge in [0.1, 0.15) is 11.3 Å². The lowest BCUT2D eigenvalue weighted by Gasteiger charge is -2.35. The van der Waals surface area contributed by atoms with Gasteiger partial charge in [-0.25, -0.2) is 0 Å². The quantitative estimate of drug-likeness (QED) is 0.508. The molecule has 1 unspecified atom stereocenters. The van der Waals surface area contributed by atoms with Gasteiger partial charge in [-0.2, -0.15) is 0 Å². The zero-order valence-corrected chi connectivity index (χ0v) is 12.4. The van der Waals surface area contributed by atoms with E-state index in [1.54, 1.807) is 6.07 Å². The van der Waals surface area contributed by atoms with Gasteiger partial charge in [-0.3, -0.25) is 14.9 Å². The highest BCUT2D eigenvalue weighted by molar-refractivity contribution is 6.00. The Morgan fingerprint density at radius 3 is 2.81 bits per heavy atom. The molecule has 1 aliphatic carbocycles. The van der Waals surface area contributed by atoms with Crippen molar-refractivity contribution in [2.75, 3.05) is 5.73 Å². The molecule has 2 rings (SSSR count). The second-order valence-corrected chi connectivity index (χ2v) is 6.43. The van der Waals surface area contributed by atoms with Gasteiger partial charge in [-0.05, 0) is 36.8 Å². The minimum Gasteiger partial charge on any atom is -0.393 e. The van der Waals surface area contributed by atoms with Crippen molar-refractivity contribution < 1.29 is 9.72 Å². The Hall–Kier alpha value is -2.11. The van der Waals surface area contributed by atoms with Gasteiger partial charge in [0.15, 0.2) is 0 Å². The van der Waals surface area contributed by atoms with Gasteiger partial charge in [0.05, 0.1) is 4.92 Å². The van der Waals surface area contributed by atoms with E-state index in [-0.39, 0.29) is 28.4 Å². The third-order valence-corrected chi connectivity index (χ3v) is 4.03. The summed E-state index contributed by atoms with van der Waals surface area (Å²) < 4.78 is 0. The first-order chi connectivity index (χ1) is 9.80. The molecular weight excluding hydrogens is 270 g/mol. The van der Waals surface area contributed by atoms with Gasteiger partial charge in [0, 0.05) is 6.04 Å². The van der Waals surface area contributed by atoms with Crippen LogP contribution < -0.4 is 11.1 Å². The van der Waals surface area contributed by atoms with Crippen molar-refractivity contribution in [3.8, 4) is 0 Å². The molecule has 1 atom stereocenters. The Morgan fingerprint density at radius 1 is 1.48 bits per heavy atom. The van der Waals surface area contributed by atoms with E-state index >= 15 is 0 Å². The lowest BCUT2D eigenvalue weighted by Crippen LogP contribution is -2.40. The van der Waals surface area contributed by atoms with Crippen molar-refractivity contribution in [2.24, 2.45) is 5.41 Å². The molecule has 6 heteroatoms. The molecule has 0 saturated heterocycles. The Morgan fingerprint density at radius 2 is 2.19 bits per heavy atom. The molecule has 0 radical (unpaired) electrons. The fraction of sp³-hybridized carbons (Fsp3) is 0.533. The summed E-state index contributed by atoms with van der Waals surface area (Å²) in [7, 11) is 0. The molecule has 1 fully saturated rings. The third-order valence-electron chi connectivity index (χ3n) is 4.03. The molecule has 0 heterocycles. The van der Waals surface area contributed by atoms with E-state index < -0.39 is 10.8 Å². The van der Waals surface area contributed by atoms with E-state index in [0.29, 0.717) is 0 Å². The molecule has 0 spiro atoms. The molecule has 1 aromatic rings. The Labute approximate surface area is 123 Å². The van der Waals surface area contributed by atoms with Crippen molar-refractivity contribution in [1.29, 1.82) is 0 Å². The maximum absolute atomic E-state index is 12.3. The number of nitrogens with two attached hydrogens (primary N) is 1. The van der Waals surface area contributed by atoms with Gasteiger partial charge in [-0.15, -0.1) is 0 Å². The van der Waals surface area contributed by atoms with Gasteiger partial charge in [0.2, 0.25) is 0 Å². The fourth-order valence-corrected chi connectivity index (χ4v) is 3.03. The average molecular weight is 291 g/mol. The van der Waals surface area contributed by atoms with E-state index in [1.807, 2.05) is 0 Å². The minimum atomic E-state index is -0.602. The van der Waals surface area contributed by atoms with Crippen molar-refractivity contribution in [3.63, 3.8) is 0 Å². The zero-order chi connectivity index (χ0) is 15.6. The number of nitrogens with zero attached hydrogens (tertiary/aromatic N) is 1. The van der Waals surface area contributed by atoms with Crippen LogP contribution in [-0.2, 0) is 0 Å². The van der Waals surface area contributed by atoms with Crippen LogP contribution in [0.4, 0.5) is 11.4 Å². The first kappa shape index (κ1) is 15.3. The molecule has 1 saturated carbocycles. The summed E-state index contributed by atoms with van der Waals surface area (Å²) in [5, 5.41) is 14.0. The second-order valence-electron chi connectivity index (χ2n) is 6.43. The molecule has 1 amide bonds. The molecule has 0 aromatic heterocycles. The summed E-state index contributed by atoms with van der Waals surface area (Å²) in [6, 6.07) is 4.49. The van der Waals surface area contributed by atoms with E-state index in [4.69, 9.17) is 5.73 Å². The summed E-state index contributed by atoms with van der Waals surface area (Å²) in [6.45, 7) is 4.35. The molecule has 3 N–H and O–H groups in total. The zero-order valence-electron chi connectivity index (χ0n) is 12.4. The molecule has 114 valence electrons. The number of anilines is 1. The average Bonchev–Trinajstić information content (AvgIpc) is 2.36. The van der Waals surface area contributed by atoms with E-state index in [9.17, 15) is 14.9 Å². The molecule has 0 aliphatic heterocycles. The summed E-state index contributed by atoms with van der Waals surface area (Å²) in [6.07, 6.45) is 3.98. The largest absolute Gasteiger partial charge is 0.393 e.